The Labute approximate surface area is 222 Å². The molecular formula is C28H38N2O6S. The van der Waals surface area contributed by atoms with Crippen molar-refractivity contribution in [3.05, 3.63) is 60.2 Å². The van der Waals surface area contributed by atoms with Gasteiger partial charge in [-0.2, -0.15) is 11.8 Å². The second-order valence-corrected chi connectivity index (χ2v) is 11.6. The van der Waals surface area contributed by atoms with E-state index in [0.29, 0.717) is 18.8 Å². The number of ether oxygens (including phenoxy) is 1. The molecule has 37 heavy (non-hydrogen) atoms. The maximum absolute atomic E-state index is 13.3. The fraction of sp³-hybridized carbons (Fsp3) is 0.500. The van der Waals surface area contributed by atoms with E-state index in [4.69, 9.17) is 4.74 Å². The van der Waals surface area contributed by atoms with Gasteiger partial charge < -0.3 is 30.3 Å². The molecule has 2 aromatic carbocycles. The van der Waals surface area contributed by atoms with E-state index in [-0.39, 0.29) is 11.3 Å². The number of nitrogens with zero attached hydrogens (tertiary/aromatic N) is 1. The van der Waals surface area contributed by atoms with Gasteiger partial charge in [0.25, 0.3) is 5.91 Å². The van der Waals surface area contributed by atoms with Gasteiger partial charge >= 0.3 is 0 Å². The highest BCUT2D eigenvalue weighted by Crippen LogP contribution is 2.20. The molecule has 0 saturated carbocycles. The number of rotatable bonds is 9. The lowest BCUT2D eigenvalue weighted by Crippen LogP contribution is -2.56. The predicted octanol–water partition coefficient (Wildman–Crippen LogP) is 2.10. The maximum atomic E-state index is 13.3. The zero-order chi connectivity index (χ0) is 27.2. The van der Waals surface area contributed by atoms with E-state index >= 15 is 0 Å². The molecule has 0 bridgehead atoms. The molecule has 3 rings (SSSR count). The second kappa shape index (κ2) is 12.9. The fourth-order valence-electron chi connectivity index (χ4n) is 4.13. The van der Waals surface area contributed by atoms with Crippen LogP contribution in [0.25, 0.3) is 10.8 Å². The van der Waals surface area contributed by atoms with Gasteiger partial charge in [-0.25, -0.2) is 0 Å². The molecule has 2 aromatic rings. The van der Waals surface area contributed by atoms with Crippen molar-refractivity contribution in [1.82, 2.24) is 10.2 Å². The lowest BCUT2D eigenvalue weighted by atomic mass is 9.94. The van der Waals surface area contributed by atoms with Crippen LogP contribution in [0.5, 0.6) is 0 Å². The van der Waals surface area contributed by atoms with Gasteiger partial charge in [-0.1, -0.05) is 69.3 Å². The van der Waals surface area contributed by atoms with Crippen molar-refractivity contribution in [3.63, 3.8) is 0 Å². The average Bonchev–Trinajstić information content (AvgIpc) is 3.03. The van der Waals surface area contributed by atoms with Gasteiger partial charge in [0.2, 0.25) is 5.91 Å². The van der Waals surface area contributed by atoms with Crippen molar-refractivity contribution in [2.75, 3.05) is 25.2 Å². The van der Waals surface area contributed by atoms with Gasteiger partial charge in [-0.05, 0) is 27.8 Å². The third-order valence-corrected chi connectivity index (χ3v) is 7.26. The van der Waals surface area contributed by atoms with Crippen LogP contribution < -0.4 is 5.32 Å². The highest BCUT2D eigenvalue weighted by molar-refractivity contribution is 7.99. The molecule has 8 nitrogen and oxygen atoms in total. The second-order valence-electron chi connectivity index (χ2n) is 10.4. The summed E-state index contributed by atoms with van der Waals surface area (Å²) in [6.45, 7) is 6.74. The first-order chi connectivity index (χ1) is 17.5. The minimum Gasteiger partial charge on any atom is -0.387 e. The molecule has 202 valence electrons. The monoisotopic (exact) mass is 530 g/mol. The summed E-state index contributed by atoms with van der Waals surface area (Å²) in [5, 5.41) is 36.2. The third-order valence-electron chi connectivity index (χ3n) is 6.22. The van der Waals surface area contributed by atoms with Crippen LogP contribution in [0.3, 0.4) is 0 Å². The zero-order valence-corrected chi connectivity index (χ0v) is 22.6. The van der Waals surface area contributed by atoms with Gasteiger partial charge in [0, 0.05) is 31.7 Å². The first-order valence-electron chi connectivity index (χ1n) is 12.4. The molecule has 2 amide bonds. The summed E-state index contributed by atoms with van der Waals surface area (Å²) < 4.78 is 5.17. The number of methoxy groups -OCH3 is 1. The molecule has 1 aliphatic rings. The summed E-state index contributed by atoms with van der Waals surface area (Å²) in [5.41, 5.74) is 0.759. The number of hydrogen-bond donors (Lipinski definition) is 4. The Kier molecular flexibility index (Phi) is 10.1. The van der Waals surface area contributed by atoms with E-state index in [1.165, 1.54) is 13.2 Å². The largest absolute Gasteiger partial charge is 0.387 e. The van der Waals surface area contributed by atoms with Crippen molar-refractivity contribution in [1.29, 1.82) is 0 Å². The molecule has 1 heterocycles. The minimum atomic E-state index is -1.70. The van der Waals surface area contributed by atoms with Crippen molar-refractivity contribution in [2.45, 2.75) is 57.8 Å². The summed E-state index contributed by atoms with van der Waals surface area (Å²) in [5.74, 6) is 0.162. The summed E-state index contributed by atoms with van der Waals surface area (Å²) in [6, 6.07) is 13.3. The lowest BCUT2D eigenvalue weighted by Gasteiger charge is -2.29. The molecule has 1 saturated heterocycles. The smallest absolute Gasteiger partial charge is 0.252 e. The van der Waals surface area contributed by atoms with E-state index in [0.717, 1.165) is 22.1 Å². The van der Waals surface area contributed by atoms with Gasteiger partial charge in [-0.15, -0.1) is 0 Å². The molecule has 5 atom stereocenters. The van der Waals surface area contributed by atoms with Gasteiger partial charge in [0.05, 0.1) is 0 Å². The SMILES string of the molecule is CO[C@@H](C(=O)NC1CSCCN(Cc2ccc3ccccc3c2)C1=O)[C@H](O)[C@@H](O)[C@H](O)/C=C/C(C)(C)C. The van der Waals surface area contributed by atoms with Gasteiger partial charge in [0.15, 0.2) is 6.10 Å². The fourth-order valence-corrected chi connectivity index (χ4v) is 5.11. The van der Waals surface area contributed by atoms with Crippen LogP contribution in [0.2, 0.25) is 0 Å². The lowest BCUT2D eigenvalue weighted by molar-refractivity contribution is -0.151. The number of nitrogens with one attached hydrogen (secondary N) is 1. The summed E-state index contributed by atoms with van der Waals surface area (Å²) >= 11 is 1.56. The molecular weight excluding hydrogens is 492 g/mol. The Bertz CT molecular complexity index is 1100. The third kappa shape index (κ3) is 8.02. The van der Waals surface area contributed by atoms with Crippen molar-refractivity contribution >= 4 is 34.3 Å². The van der Waals surface area contributed by atoms with Crippen LogP contribution in [0, 0.1) is 5.41 Å². The molecule has 1 unspecified atom stereocenters. The van der Waals surface area contributed by atoms with E-state index in [9.17, 15) is 24.9 Å². The van der Waals surface area contributed by atoms with E-state index in [1.54, 1.807) is 22.7 Å². The molecule has 4 N–H and O–H groups in total. The number of fused-ring (bicyclic) bond motifs is 1. The Morgan fingerprint density at radius 1 is 1.16 bits per heavy atom. The first kappa shape index (κ1) is 29.1. The molecule has 1 aliphatic heterocycles. The highest BCUT2D eigenvalue weighted by atomic mass is 32.2. The van der Waals surface area contributed by atoms with Crippen LogP contribution in [-0.4, -0.2) is 87.7 Å². The zero-order valence-electron chi connectivity index (χ0n) is 21.8. The maximum Gasteiger partial charge on any atom is 0.252 e. The predicted molar refractivity (Wildman–Crippen MR) is 146 cm³/mol. The Hall–Kier alpha value is -2.43. The first-order valence-corrected chi connectivity index (χ1v) is 13.6. The molecule has 9 heteroatoms. The Morgan fingerprint density at radius 2 is 1.86 bits per heavy atom. The summed E-state index contributed by atoms with van der Waals surface area (Å²) in [7, 11) is 1.23. The number of hydrogen-bond acceptors (Lipinski definition) is 7. The van der Waals surface area contributed by atoms with Crippen LogP contribution in [0.1, 0.15) is 26.3 Å². The van der Waals surface area contributed by atoms with Crippen molar-refractivity contribution < 1.29 is 29.6 Å². The normalized spacial score (nSPS) is 20.5. The van der Waals surface area contributed by atoms with Gasteiger partial charge in [-0.3, -0.25) is 9.59 Å². The topological polar surface area (TPSA) is 119 Å². The number of aliphatic hydroxyl groups is 3. The summed E-state index contributed by atoms with van der Waals surface area (Å²) in [4.78, 5) is 28.1. The number of carbonyl (C=O) groups excluding carboxylic acids is 2. The van der Waals surface area contributed by atoms with Crippen LogP contribution >= 0.6 is 11.8 Å². The van der Waals surface area contributed by atoms with Crippen LogP contribution in [0.15, 0.2) is 54.6 Å². The van der Waals surface area contributed by atoms with Gasteiger partial charge in [0.1, 0.15) is 24.4 Å². The number of carbonyl (C=O) groups is 2. The quantitative estimate of drug-likeness (QED) is 0.367. The number of aliphatic hydroxyl groups excluding tert-OH is 3. The minimum absolute atomic E-state index is 0.218. The van der Waals surface area contributed by atoms with E-state index in [1.807, 2.05) is 57.2 Å². The van der Waals surface area contributed by atoms with E-state index < -0.39 is 36.4 Å². The number of benzene rings is 2. The molecule has 0 aromatic heterocycles. The molecule has 0 radical (unpaired) electrons. The Balaban J connectivity index is 1.67. The van der Waals surface area contributed by atoms with E-state index in [2.05, 4.69) is 11.4 Å². The number of amides is 2. The van der Waals surface area contributed by atoms with Crippen molar-refractivity contribution in [2.24, 2.45) is 5.41 Å². The summed E-state index contributed by atoms with van der Waals surface area (Å²) in [6.07, 6.45) is -3.13. The Morgan fingerprint density at radius 3 is 2.54 bits per heavy atom. The standard InChI is InChI=1S/C28H38N2O6S/c1-28(2,3)12-11-22(31)23(32)24(33)25(36-4)26(34)29-21-17-37-14-13-30(27(21)35)16-18-9-10-19-7-5-6-8-20(19)15-18/h5-12,15,21-25,31-33H,13-14,16-17H2,1-4H3,(H,29,34)/b12-11+/t21?,22-,23+,24-,25-/m1/s1. The van der Waals surface area contributed by atoms with Crippen molar-refractivity contribution in [3.8, 4) is 0 Å². The molecule has 1 fully saturated rings. The van der Waals surface area contributed by atoms with Crippen LogP contribution in [-0.2, 0) is 20.9 Å². The number of thioether (sulfide) groups is 1. The number of allylic oxidation sites excluding steroid dienone is 1. The van der Waals surface area contributed by atoms with Crippen LogP contribution in [0.4, 0.5) is 0 Å². The average molecular weight is 531 g/mol. The highest BCUT2D eigenvalue weighted by Gasteiger charge is 2.38. The molecule has 0 spiro atoms. The molecule has 0 aliphatic carbocycles.